The van der Waals surface area contributed by atoms with Gasteiger partial charge in [-0.05, 0) is 15.9 Å². The number of hydrogen-bond acceptors (Lipinski definition) is 4. The van der Waals surface area contributed by atoms with Crippen molar-refractivity contribution in [2.24, 2.45) is 0 Å². The van der Waals surface area contributed by atoms with Crippen molar-refractivity contribution in [3.8, 4) is 11.6 Å². The quantitative estimate of drug-likeness (QED) is 0.832. The van der Waals surface area contributed by atoms with E-state index < -0.39 is 22.9 Å². The largest absolute Gasteiger partial charge is 0.434 e. The van der Waals surface area contributed by atoms with Gasteiger partial charge in [0.05, 0.1) is 12.0 Å². The van der Waals surface area contributed by atoms with E-state index >= 15 is 0 Å². The number of rotatable bonds is 2. The topological polar surface area (TPSA) is 81.0 Å². The number of nitrogens with two attached hydrogens (primary N) is 1. The number of H-pyrrole nitrogens is 1. The summed E-state index contributed by atoms with van der Waals surface area (Å²) < 4.78 is 31.6. The Labute approximate surface area is 108 Å². The second-order valence-electron chi connectivity index (χ2n) is 3.26. The van der Waals surface area contributed by atoms with Gasteiger partial charge in [-0.25, -0.2) is 13.8 Å². The van der Waals surface area contributed by atoms with E-state index in [1.807, 2.05) is 0 Å². The lowest BCUT2D eigenvalue weighted by Crippen LogP contribution is -2.08. The molecule has 1 heterocycles. The van der Waals surface area contributed by atoms with Gasteiger partial charge in [0.15, 0.2) is 11.6 Å². The van der Waals surface area contributed by atoms with Crippen LogP contribution in [0.1, 0.15) is 0 Å². The molecule has 0 saturated carbocycles. The van der Waals surface area contributed by atoms with Crippen LogP contribution in [0.5, 0.6) is 11.6 Å². The van der Waals surface area contributed by atoms with Crippen molar-refractivity contribution < 1.29 is 13.5 Å². The number of nitrogens with zero attached hydrogens (tertiary/aromatic N) is 1. The summed E-state index contributed by atoms with van der Waals surface area (Å²) in [5, 5.41) is 0. The smallest absolute Gasteiger partial charge is 0.268 e. The fourth-order valence-corrected chi connectivity index (χ4v) is 1.46. The average Bonchev–Trinajstić information content (AvgIpc) is 2.32. The standard InChI is InChI=1S/C10H6BrF2N3O2/c11-8-9(17)15-3-16-10(8)18-7-2-4(12)6(14)1-5(7)13/h1-3H,14H2,(H,15,16,17). The summed E-state index contributed by atoms with van der Waals surface area (Å²) in [6.07, 6.45) is 1.08. The number of benzene rings is 1. The molecular weight excluding hydrogens is 312 g/mol. The molecule has 2 aromatic rings. The van der Waals surface area contributed by atoms with Crippen LogP contribution >= 0.6 is 15.9 Å². The number of nitrogen functional groups attached to an aromatic ring is 1. The molecule has 0 unspecified atom stereocenters. The summed E-state index contributed by atoms with van der Waals surface area (Å²) in [4.78, 5) is 17.2. The van der Waals surface area contributed by atoms with E-state index in [0.717, 1.165) is 18.5 Å². The third-order valence-corrected chi connectivity index (χ3v) is 2.72. The third-order valence-electron chi connectivity index (χ3n) is 2.02. The molecule has 5 nitrogen and oxygen atoms in total. The van der Waals surface area contributed by atoms with Gasteiger partial charge in [-0.15, -0.1) is 0 Å². The second-order valence-corrected chi connectivity index (χ2v) is 4.05. The van der Waals surface area contributed by atoms with Crippen LogP contribution in [0.2, 0.25) is 0 Å². The highest BCUT2D eigenvalue weighted by Gasteiger charge is 2.13. The Morgan fingerprint density at radius 3 is 2.78 bits per heavy atom. The molecule has 2 rings (SSSR count). The van der Waals surface area contributed by atoms with Gasteiger partial charge >= 0.3 is 0 Å². The minimum Gasteiger partial charge on any atom is -0.434 e. The van der Waals surface area contributed by atoms with Crippen molar-refractivity contribution in [1.29, 1.82) is 0 Å². The number of aromatic nitrogens is 2. The van der Waals surface area contributed by atoms with E-state index in [9.17, 15) is 13.6 Å². The minimum absolute atomic E-state index is 0.0263. The van der Waals surface area contributed by atoms with Crippen LogP contribution in [-0.4, -0.2) is 9.97 Å². The fourth-order valence-electron chi connectivity index (χ4n) is 1.16. The molecule has 0 aliphatic carbocycles. The second kappa shape index (κ2) is 4.73. The fraction of sp³-hybridized carbons (Fsp3) is 0. The van der Waals surface area contributed by atoms with Gasteiger partial charge in [-0.3, -0.25) is 4.79 Å². The zero-order valence-corrected chi connectivity index (χ0v) is 10.3. The van der Waals surface area contributed by atoms with Crippen molar-refractivity contribution in [1.82, 2.24) is 9.97 Å². The van der Waals surface area contributed by atoms with E-state index in [1.165, 1.54) is 0 Å². The molecule has 0 amide bonds. The first-order valence-electron chi connectivity index (χ1n) is 4.64. The van der Waals surface area contributed by atoms with E-state index in [4.69, 9.17) is 10.5 Å². The van der Waals surface area contributed by atoms with Crippen molar-refractivity contribution in [3.63, 3.8) is 0 Å². The summed E-state index contributed by atoms with van der Waals surface area (Å²) in [6, 6.07) is 1.56. The lowest BCUT2D eigenvalue weighted by molar-refractivity contribution is 0.419. The van der Waals surface area contributed by atoms with Crippen LogP contribution in [0.25, 0.3) is 0 Å². The predicted molar refractivity (Wildman–Crippen MR) is 63.4 cm³/mol. The third kappa shape index (κ3) is 2.33. The maximum atomic E-state index is 13.4. The predicted octanol–water partition coefficient (Wildman–Crippen LogP) is 2.19. The van der Waals surface area contributed by atoms with E-state index in [1.54, 1.807) is 0 Å². The molecule has 0 bridgehead atoms. The lowest BCUT2D eigenvalue weighted by Gasteiger charge is -2.07. The van der Waals surface area contributed by atoms with E-state index in [-0.39, 0.29) is 16.0 Å². The van der Waals surface area contributed by atoms with Crippen LogP contribution in [-0.2, 0) is 0 Å². The van der Waals surface area contributed by atoms with Crippen molar-refractivity contribution in [3.05, 3.63) is 44.9 Å². The summed E-state index contributed by atoms with van der Waals surface area (Å²) in [5.41, 5.74) is 4.35. The molecule has 0 atom stereocenters. The maximum Gasteiger partial charge on any atom is 0.268 e. The Morgan fingerprint density at radius 2 is 2.06 bits per heavy atom. The maximum absolute atomic E-state index is 13.4. The number of hydrogen-bond donors (Lipinski definition) is 2. The normalized spacial score (nSPS) is 10.4. The van der Waals surface area contributed by atoms with Crippen LogP contribution < -0.4 is 16.0 Å². The molecule has 0 spiro atoms. The molecule has 3 N–H and O–H groups in total. The molecule has 1 aromatic heterocycles. The van der Waals surface area contributed by atoms with Gasteiger partial charge in [0, 0.05) is 12.1 Å². The Bertz CT molecular complexity index is 660. The summed E-state index contributed by atoms with van der Waals surface area (Å²) in [5.74, 6) is -2.28. The molecule has 1 aromatic carbocycles. The minimum atomic E-state index is -0.858. The number of nitrogens with one attached hydrogen (secondary N) is 1. The molecule has 0 aliphatic heterocycles. The Balaban J connectivity index is 2.43. The van der Waals surface area contributed by atoms with Gasteiger partial charge in [0.1, 0.15) is 10.3 Å². The molecule has 0 aliphatic rings. The molecule has 0 radical (unpaired) electrons. The number of aromatic amines is 1. The molecule has 94 valence electrons. The molecule has 0 fully saturated rings. The van der Waals surface area contributed by atoms with E-state index in [0.29, 0.717) is 0 Å². The number of ether oxygens (including phenoxy) is 1. The Kier molecular flexibility index (Phi) is 3.28. The zero-order valence-electron chi connectivity index (χ0n) is 8.71. The van der Waals surface area contributed by atoms with Gasteiger partial charge in [0.25, 0.3) is 5.56 Å². The molecule has 18 heavy (non-hydrogen) atoms. The highest BCUT2D eigenvalue weighted by Crippen LogP contribution is 2.29. The van der Waals surface area contributed by atoms with E-state index in [2.05, 4.69) is 25.9 Å². The van der Waals surface area contributed by atoms with Crippen molar-refractivity contribution in [2.75, 3.05) is 5.73 Å². The molecule has 8 heteroatoms. The number of anilines is 1. The Morgan fingerprint density at radius 1 is 1.33 bits per heavy atom. The van der Waals surface area contributed by atoms with Gasteiger partial charge in [0.2, 0.25) is 5.88 Å². The van der Waals surface area contributed by atoms with Crippen molar-refractivity contribution >= 4 is 21.6 Å². The van der Waals surface area contributed by atoms with Crippen LogP contribution in [0, 0.1) is 11.6 Å². The first kappa shape index (κ1) is 12.5. The SMILES string of the molecule is Nc1cc(F)c(Oc2nc[nH]c(=O)c2Br)cc1F. The first-order chi connectivity index (χ1) is 8.49. The van der Waals surface area contributed by atoms with Gasteiger partial charge < -0.3 is 15.5 Å². The van der Waals surface area contributed by atoms with Gasteiger partial charge in [-0.2, -0.15) is 0 Å². The first-order valence-corrected chi connectivity index (χ1v) is 5.44. The Hall–Kier alpha value is -1.96. The molecule has 0 saturated heterocycles. The van der Waals surface area contributed by atoms with Crippen molar-refractivity contribution in [2.45, 2.75) is 0 Å². The monoisotopic (exact) mass is 317 g/mol. The summed E-state index contributed by atoms with van der Waals surface area (Å²) in [6.45, 7) is 0. The summed E-state index contributed by atoms with van der Waals surface area (Å²) >= 11 is 2.92. The van der Waals surface area contributed by atoms with Crippen LogP contribution in [0.15, 0.2) is 27.7 Å². The van der Waals surface area contributed by atoms with Gasteiger partial charge in [-0.1, -0.05) is 0 Å². The van der Waals surface area contributed by atoms with Crippen LogP contribution in [0.3, 0.4) is 0 Å². The lowest BCUT2D eigenvalue weighted by atomic mass is 10.3. The summed E-state index contributed by atoms with van der Waals surface area (Å²) in [7, 11) is 0. The number of halogens is 3. The van der Waals surface area contributed by atoms with Crippen LogP contribution in [0.4, 0.5) is 14.5 Å². The average molecular weight is 318 g/mol. The highest BCUT2D eigenvalue weighted by atomic mass is 79.9. The zero-order chi connectivity index (χ0) is 13.3. The molecular formula is C10H6BrF2N3O2. The highest BCUT2D eigenvalue weighted by molar-refractivity contribution is 9.10.